The standard InChI is InChI=1S/C20H26N4O5/c1-13(2)29-19(26)23-11-14(3)24(20(27)28-4)17-6-5-15(9-18(17)23)16-10-21-22(12-16)7-8-25/h5-6,9-10,12-14,25H,7-8,11H2,1-4H3. The maximum atomic E-state index is 12.7. The maximum absolute atomic E-state index is 12.7. The highest BCUT2D eigenvalue weighted by atomic mass is 16.6. The van der Waals surface area contributed by atoms with Crippen LogP contribution < -0.4 is 9.80 Å². The van der Waals surface area contributed by atoms with Gasteiger partial charge in [0.05, 0.1) is 56.5 Å². The molecule has 1 aromatic heterocycles. The van der Waals surface area contributed by atoms with E-state index in [2.05, 4.69) is 5.10 Å². The van der Waals surface area contributed by atoms with Crippen molar-refractivity contribution in [1.82, 2.24) is 9.78 Å². The molecule has 0 spiro atoms. The van der Waals surface area contributed by atoms with Gasteiger partial charge in [-0.15, -0.1) is 0 Å². The van der Waals surface area contributed by atoms with Gasteiger partial charge in [0.25, 0.3) is 0 Å². The summed E-state index contributed by atoms with van der Waals surface area (Å²) in [5.74, 6) is 0. The highest BCUT2D eigenvalue weighted by Crippen LogP contribution is 2.39. The molecular formula is C20H26N4O5. The minimum absolute atomic E-state index is 0.00783. The normalized spacial score (nSPS) is 16.0. The number of aliphatic hydroxyl groups is 1. The van der Waals surface area contributed by atoms with E-state index < -0.39 is 12.2 Å². The molecule has 2 amide bonds. The van der Waals surface area contributed by atoms with Crippen LogP contribution in [0.3, 0.4) is 0 Å². The third kappa shape index (κ3) is 4.19. The van der Waals surface area contributed by atoms with Gasteiger partial charge in [0, 0.05) is 11.8 Å². The van der Waals surface area contributed by atoms with E-state index in [4.69, 9.17) is 14.6 Å². The van der Waals surface area contributed by atoms with E-state index in [9.17, 15) is 9.59 Å². The molecule has 0 fully saturated rings. The molecule has 9 nitrogen and oxygen atoms in total. The quantitative estimate of drug-likeness (QED) is 0.845. The van der Waals surface area contributed by atoms with Gasteiger partial charge in [-0.1, -0.05) is 6.07 Å². The Balaban J connectivity index is 2.06. The van der Waals surface area contributed by atoms with Crippen LogP contribution in [0.25, 0.3) is 11.1 Å². The Labute approximate surface area is 169 Å². The number of hydrogen-bond acceptors (Lipinski definition) is 6. The Morgan fingerprint density at radius 3 is 2.66 bits per heavy atom. The lowest BCUT2D eigenvalue weighted by Crippen LogP contribution is -2.52. The van der Waals surface area contributed by atoms with Crippen LogP contribution in [-0.2, 0) is 16.0 Å². The van der Waals surface area contributed by atoms with Gasteiger partial charge >= 0.3 is 12.2 Å². The van der Waals surface area contributed by atoms with Gasteiger partial charge in [0.15, 0.2) is 0 Å². The van der Waals surface area contributed by atoms with Gasteiger partial charge in [-0.3, -0.25) is 14.5 Å². The number of anilines is 2. The largest absolute Gasteiger partial charge is 0.452 e. The third-order valence-corrected chi connectivity index (χ3v) is 4.64. The molecular weight excluding hydrogens is 376 g/mol. The lowest BCUT2D eigenvalue weighted by Gasteiger charge is -2.40. The molecule has 0 radical (unpaired) electrons. The van der Waals surface area contributed by atoms with Crippen LogP contribution in [0.15, 0.2) is 30.6 Å². The average molecular weight is 402 g/mol. The van der Waals surface area contributed by atoms with Gasteiger partial charge in [0.1, 0.15) is 0 Å². The van der Waals surface area contributed by atoms with Gasteiger partial charge in [-0.2, -0.15) is 5.10 Å². The average Bonchev–Trinajstić information content (AvgIpc) is 3.15. The number of nitrogens with zero attached hydrogens (tertiary/aromatic N) is 4. The molecule has 0 saturated carbocycles. The number of methoxy groups -OCH3 is 1. The molecule has 156 valence electrons. The molecule has 1 atom stereocenters. The summed E-state index contributed by atoms with van der Waals surface area (Å²) in [7, 11) is 1.33. The zero-order chi connectivity index (χ0) is 21.1. The lowest BCUT2D eigenvalue weighted by molar-refractivity contribution is 0.121. The van der Waals surface area contributed by atoms with Crippen LogP contribution in [0.5, 0.6) is 0 Å². The predicted molar refractivity (Wildman–Crippen MR) is 108 cm³/mol. The van der Waals surface area contributed by atoms with E-state index in [-0.39, 0.29) is 25.3 Å². The van der Waals surface area contributed by atoms with Crippen LogP contribution in [0, 0.1) is 0 Å². The van der Waals surface area contributed by atoms with Crippen molar-refractivity contribution in [3.63, 3.8) is 0 Å². The molecule has 1 aliphatic heterocycles. The zero-order valence-electron chi connectivity index (χ0n) is 17.0. The van der Waals surface area contributed by atoms with Crippen LogP contribution in [-0.4, -0.2) is 59.5 Å². The van der Waals surface area contributed by atoms with E-state index in [0.29, 0.717) is 17.9 Å². The fraction of sp³-hybridized carbons (Fsp3) is 0.450. The van der Waals surface area contributed by atoms with Gasteiger partial charge in [0.2, 0.25) is 0 Å². The SMILES string of the molecule is COC(=O)N1c2ccc(-c3cnn(CCO)c3)cc2N(C(=O)OC(C)C)CC1C. The van der Waals surface area contributed by atoms with Crippen molar-refractivity contribution in [2.45, 2.75) is 39.5 Å². The second-order valence-electron chi connectivity index (χ2n) is 7.15. The van der Waals surface area contributed by atoms with Crippen LogP contribution in [0.2, 0.25) is 0 Å². The molecule has 0 aliphatic carbocycles. The first-order valence-electron chi connectivity index (χ1n) is 9.48. The third-order valence-electron chi connectivity index (χ3n) is 4.64. The van der Waals surface area contributed by atoms with Crippen LogP contribution in [0.1, 0.15) is 20.8 Å². The van der Waals surface area contributed by atoms with Crippen LogP contribution >= 0.6 is 0 Å². The van der Waals surface area contributed by atoms with Crippen molar-refractivity contribution >= 4 is 23.6 Å². The van der Waals surface area contributed by atoms with Gasteiger partial charge < -0.3 is 14.6 Å². The molecule has 1 N–H and O–H groups in total. The summed E-state index contributed by atoms with van der Waals surface area (Å²) < 4.78 is 12.0. The van der Waals surface area contributed by atoms with Crippen molar-refractivity contribution in [2.75, 3.05) is 30.1 Å². The number of ether oxygens (including phenoxy) is 2. The Kier molecular flexibility index (Phi) is 6.07. The minimum Gasteiger partial charge on any atom is -0.452 e. The van der Waals surface area contributed by atoms with Crippen molar-refractivity contribution in [2.24, 2.45) is 0 Å². The van der Waals surface area contributed by atoms with E-state index >= 15 is 0 Å². The van der Waals surface area contributed by atoms with Crippen molar-refractivity contribution in [3.8, 4) is 11.1 Å². The topological polar surface area (TPSA) is 97.1 Å². The smallest absolute Gasteiger partial charge is 0.414 e. The summed E-state index contributed by atoms with van der Waals surface area (Å²) in [6.45, 7) is 6.10. The van der Waals surface area contributed by atoms with Gasteiger partial charge in [-0.25, -0.2) is 9.59 Å². The van der Waals surface area contributed by atoms with Crippen molar-refractivity contribution in [3.05, 3.63) is 30.6 Å². The molecule has 1 unspecified atom stereocenters. The summed E-state index contributed by atoms with van der Waals surface area (Å²) in [5.41, 5.74) is 2.80. The first-order chi connectivity index (χ1) is 13.8. The van der Waals surface area contributed by atoms with Gasteiger partial charge in [-0.05, 0) is 38.5 Å². The first kappa shape index (κ1) is 20.7. The second-order valence-corrected chi connectivity index (χ2v) is 7.15. The van der Waals surface area contributed by atoms with E-state index in [0.717, 1.165) is 11.1 Å². The second kappa shape index (κ2) is 8.52. The molecule has 1 aliphatic rings. The molecule has 0 saturated heterocycles. The molecule has 3 rings (SSSR count). The van der Waals surface area contributed by atoms with Crippen molar-refractivity contribution < 1.29 is 24.2 Å². The Morgan fingerprint density at radius 2 is 2.00 bits per heavy atom. The number of carbonyl (C=O) groups excluding carboxylic acids is 2. The number of benzene rings is 1. The van der Waals surface area contributed by atoms with Crippen LogP contribution in [0.4, 0.5) is 21.0 Å². The lowest BCUT2D eigenvalue weighted by atomic mass is 10.0. The number of carbonyl (C=O) groups is 2. The predicted octanol–water partition coefficient (Wildman–Crippen LogP) is 2.87. The number of fused-ring (bicyclic) bond motifs is 1. The summed E-state index contributed by atoms with van der Waals surface area (Å²) in [6, 6.07) is 5.20. The Bertz CT molecular complexity index is 895. The monoisotopic (exact) mass is 402 g/mol. The molecule has 0 bridgehead atoms. The summed E-state index contributed by atoms with van der Waals surface area (Å²) >= 11 is 0. The summed E-state index contributed by atoms with van der Waals surface area (Å²) in [5, 5.41) is 13.3. The number of aliphatic hydroxyl groups excluding tert-OH is 1. The molecule has 9 heteroatoms. The maximum Gasteiger partial charge on any atom is 0.414 e. The zero-order valence-corrected chi connectivity index (χ0v) is 17.0. The highest BCUT2D eigenvalue weighted by Gasteiger charge is 2.36. The molecule has 1 aromatic carbocycles. The molecule has 29 heavy (non-hydrogen) atoms. The fourth-order valence-corrected chi connectivity index (χ4v) is 3.36. The van der Waals surface area contributed by atoms with E-state index in [1.54, 1.807) is 35.7 Å². The summed E-state index contributed by atoms with van der Waals surface area (Å²) in [4.78, 5) is 28.2. The fourth-order valence-electron chi connectivity index (χ4n) is 3.36. The number of amides is 2. The summed E-state index contributed by atoms with van der Waals surface area (Å²) in [6.07, 6.45) is 2.29. The van der Waals surface area contributed by atoms with E-state index in [1.165, 1.54) is 12.0 Å². The molecule has 2 heterocycles. The highest BCUT2D eigenvalue weighted by molar-refractivity contribution is 6.01. The first-order valence-corrected chi connectivity index (χ1v) is 9.48. The van der Waals surface area contributed by atoms with E-state index in [1.807, 2.05) is 25.3 Å². The number of rotatable bonds is 4. The Hall–Kier alpha value is -3.07. The minimum atomic E-state index is -0.487. The Morgan fingerprint density at radius 1 is 1.24 bits per heavy atom. The molecule has 2 aromatic rings. The van der Waals surface area contributed by atoms with Crippen molar-refractivity contribution in [1.29, 1.82) is 0 Å². The number of hydrogen-bond donors (Lipinski definition) is 1. The number of aromatic nitrogens is 2.